The summed E-state index contributed by atoms with van der Waals surface area (Å²) in [5, 5.41) is 9.31. The fourth-order valence-electron chi connectivity index (χ4n) is 1.92. The predicted molar refractivity (Wildman–Crippen MR) is 80.7 cm³/mol. The topological polar surface area (TPSA) is 37.3 Å². The first kappa shape index (κ1) is 16.0. The number of aromatic carboxylic acids is 1. The first-order chi connectivity index (χ1) is 9.75. The summed E-state index contributed by atoms with van der Waals surface area (Å²) in [6, 6.07) is 14.3. The highest BCUT2D eigenvalue weighted by molar-refractivity contribution is 5.87. The summed E-state index contributed by atoms with van der Waals surface area (Å²) in [5.41, 5.74) is 2.68. The number of halogens is 1. The fourth-order valence-corrected chi connectivity index (χ4v) is 4.34. The molecule has 0 amide bonds. The van der Waals surface area contributed by atoms with E-state index in [4.69, 9.17) is 0 Å². The standard InChI is InChI=1S/C18H19IO2/c1-12-5-7-15(8-6-12)19-16-10-13(17(20)21)9-14(11-16)18(2,3)4/h5-11H,1-4H3/p+1. The fraction of sp³-hybridized carbons (Fsp3) is 0.278. The molecule has 0 atom stereocenters. The number of hydrogen-bond acceptors (Lipinski definition) is 1. The number of benzene rings is 2. The lowest BCUT2D eigenvalue weighted by atomic mass is 9.86. The minimum absolute atomic E-state index is 0.0444. The lowest BCUT2D eigenvalue weighted by Gasteiger charge is -2.19. The van der Waals surface area contributed by atoms with Crippen LogP contribution in [0, 0.1) is 14.1 Å². The van der Waals surface area contributed by atoms with Crippen LogP contribution >= 0.6 is 0 Å². The first-order valence-corrected chi connectivity index (χ1v) is 9.02. The van der Waals surface area contributed by atoms with Crippen LogP contribution in [0.15, 0.2) is 42.5 Å². The van der Waals surface area contributed by atoms with E-state index in [1.54, 1.807) is 6.07 Å². The zero-order chi connectivity index (χ0) is 15.6. The molecule has 3 heteroatoms. The van der Waals surface area contributed by atoms with E-state index < -0.39 is 5.97 Å². The van der Waals surface area contributed by atoms with Crippen LogP contribution in [0.3, 0.4) is 0 Å². The van der Waals surface area contributed by atoms with Gasteiger partial charge in [0.25, 0.3) is 0 Å². The molecule has 0 unspecified atom stereocenters. The van der Waals surface area contributed by atoms with Crippen LogP contribution < -0.4 is 21.2 Å². The molecular weight excluding hydrogens is 375 g/mol. The second-order valence-corrected chi connectivity index (χ2v) is 9.20. The molecule has 21 heavy (non-hydrogen) atoms. The van der Waals surface area contributed by atoms with Gasteiger partial charge in [0.05, 0.1) is 5.56 Å². The van der Waals surface area contributed by atoms with E-state index in [-0.39, 0.29) is 26.6 Å². The molecule has 0 spiro atoms. The number of carbonyl (C=O) groups is 1. The van der Waals surface area contributed by atoms with E-state index >= 15 is 0 Å². The Morgan fingerprint density at radius 2 is 1.62 bits per heavy atom. The monoisotopic (exact) mass is 395 g/mol. The summed E-state index contributed by atoms with van der Waals surface area (Å²) in [4.78, 5) is 11.3. The first-order valence-electron chi connectivity index (χ1n) is 6.86. The van der Waals surface area contributed by atoms with E-state index in [0.717, 1.165) is 9.13 Å². The molecule has 2 nitrogen and oxygen atoms in total. The zero-order valence-electron chi connectivity index (χ0n) is 12.8. The molecule has 2 aromatic carbocycles. The van der Waals surface area contributed by atoms with Crippen LogP contribution in [0.2, 0.25) is 0 Å². The summed E-state index contributed by atoms with van der Waals surface area (Å²) >= 11 is -0.355. The molecule has 0 fully saturated rings. The van der Waals surface area contributed by atoms with Crippen LogP contribution in [0.1, 0.15) is 42.3 Å². The lowest BCUT2D eigenvalue weighted by Crippen LogP contribution is -3.61. The van der Waals surface area contributed by atoms with Crippen molar-refractivity contribution in [2.24, 2.45) is 0 Å². The maximum absolute atomic E-state index is 11.3. The van der Waals surface area contributed by atoms with Gasteiger partial charge in [-0.05, 0) is 42.2 Å². The summed E-state index contributed by atoms with van der Waals surface area (Å²) in [7, 11) is 0. The van der Waals surface area contributed by atoms with E-state index in [2.05, 4.69) is 58.0 Å². The number of carboxylic acids is 1. The quantitative estimate of drug-likeness (QED) is 0.792. The second-order valence-electron chi connectivity index (χ2n) is 6.17. The van der Waals surface area contributed by atoms with Gasteiger partial charge < -0.3 is 5.11 Å². The Labute approximate surface area is 136 Å². The van der Waals surface area contributed by atoms with Crippen molar-refractivity contribution in [3.8, 4) is 0 Å². The summed E-state index contributed by atoms with van der Waals surface area (Å²) in [5.74, 6) is -0.852. The van der Waals surface area contributed by atoms with Gasteiger partial charge in [-0.1, -0.05) is 38.5 Å². The van der Waals surface area contributed by atoms with Crippen LogP contribution in [0.25, 0.3) is 0 Å². The smallest absolute Gasteiger partial charge is 0.357 e. The van der Waals surface area contributed by atoms with Gasteiger partial charge in [-0.25, -0.2) is 4.79 Å². The van der Waals surface area contributed by atoms with E-state index in [1.165, 1.54) is 9.13 Å². The van der Waals surface area contributed by atoms with Crippen molar-refractivity contribution in [3.63, 3.8) is 0 Å². The third kappa shape index (κ3) is 4.30. The number of rotatable bonds is 3. The molecule has 0 aromatic heterocycles. The third-order valence-corrected chi connectivity index (χ3v) is 5.83. The van der Waals surface area contributed by atoms with Crippen LogP contribution in [-0.4, -0.2) is 11.1 Å². The van der Waals surface area contributed by atoms with E-state index in [0.29, 0.717) is 5.56 Å². The van der Waals surface area contributed by atoms with Crippen LogP contribution in [-0.2, 0) is 5.41 Å². The minimum atomic E-state index is -0.852. The van der Waals surface area contributed by atoms with Crippen molar-refractivity contribution in [1.82, 2.24) is 0 Å². The van der Waals surface area contributed by atoms with Gasteiger partial charge in [-0.2, -0.15) is 0 Å². The van der Waals surface area contributed by atoms with Crippen LogP contribution in [0.5, 0.6) is 0 Å². The largest absolute Gasteiger partial charge is 0.478 e. The Kier molecular flexibility index (Phi) is 4.71. The Balaban J connectivity index is 2.40. The maximum Gasteiger partial charge on any atom is 0.357 e. The van der Waals surface area contributed by atoms with E-state index in [1.807, 2.05) is 6.07 Å². The Morgan fingerprint density at radius 1 is 1.00 bits per heavy atom. The number of hydrogen-bond donors (Lipinski definition) is 1. The molecule has 1 N–H and O–H groups in total. The van der Waals surface area contributed by atoms with Gasteiger partial charge in [-0.15, -0.1) is 0 Å². The van der Waals surface area contributed by atoms with Crippen molar-refractivity contribution in [1.29, 1.82) is 0 Å². The average Bonchev–Trinajstić information content (AvgIpc) is 2.40. The Bertz CT molecular complexity index is 652. The van der Waals surface area contributed by atoms with Crippen molar-refractivity contribution in [3.05, 3.63) is 66.3 Å². The van der Waals surface area contributed by atoms with Crippen molar-refractivity contribution < 1.29 is 31.1 Å². The molecule has 2 rings (SSSR count). The molecule has 0 radical (unpaired) electrons. The third-order valence-electron chi connectivity index (χ3n) is 3.24. The highest BCUT2D eigenvalue weighted by Crippen LogP contribution is 2.22. The molecule has 0 aliphatic rings. The zero-order valence-corrected chi connectivity index (χ0v) is 14.9. The van der Waals surface area contributed by atoms with Gasteiger partial charge in [-0.3, -0.25) is 0 Å². The molecule has 110 valence electrons. The molecular formula is C18H20IO2+. The normalized spacial score (nSPS) is 11.4. The van der Waals surface area contributed by atoms with Crippen molar-refractivity contribution >= 4 is 5.97 Å². The molecule has 0 saturated heterocycles. The molecule has 0 bridgehead atoms. The lowest BCUT2D eigenvalue weighted by molar-refractivity contribution is -0.597. The summed E-state index contributed by atoms with van der Waals surface area (Å²) < 4.78 is 2.46. The van der Waals surface area contributed by atoms with Gasteiger partial charge >= 0.3 is 27.2 Å². The predicted octanol–water partition coefficient (Wildman–Crippen LogP) is 1.12. The van der Waals surface area contributed by atoms with Gasteiger partial charge in [0.15, 0.2) is 7.14 Å². The maximum atomic E-state index is 11.3. The Hall–Kier alpha value is -1.36. The highest BCUT2D eigenvalue weighted by Gasteiger charge is 2.23. The summed E-state index contributed by atoms with van der Waals surface area (Å²) in [6.07, 6.45) is 0. The van der Waals surface area contributed by atoms with Gasteiger partial charge in [0.1, 0.15) is 0 Å². The number of aryl methyl sites for hydroxylation is 1. The van der Waals surface area contributed by atoms with Crippen molar-refractivity contribution in [2.45, 2.75) is 33.1 Å². The van der Waals surface area contributed by atoms with Crippen LogP contribution in [0.4, 0.5) is 0 Å². The Morgan fingerprint density at radius 3 is 2.14 bits per heavy atom. The van der Waals surface area contributed by atoms with Gasteiger partial charge in [0.2, 0.25) is 0 Å². The van der Waals surface area contributed by atoms with Crippen molar-refractivity contribution in [2.75, 3.05) is 0 Å². The molecule has 0 heterocycles. The molecule has 0 saturated carbocycles. The summed E-state index contributed by atoms with van der Waals surface area (Å²) in [6.45, 7) is 8.41. The van der Waals surface area contributed by atoms with Gasteiger partial charge in [0, 0.05) is 6.07 Å². The minimum Gasteiger partial charge on any atom is -0.478 e. The molecule has 2 aromatic rings. The highest BCUT2D eigenvalue weighted by atomic mass is 127. The SMILES string of the molecule is Cc1ccc([I+]c2cc(C(=O)O)cc(C(C)(C)C)c2)cc1. The second kappa shape index (κ2) is 6.18. The van der Waals surface area contributed by atoms with E-state index in [9.17, 15) is 9.90 Å². The molecule has 0 aliphatic heterocycles. The molecule has 0 aliphatic carbocycles. The average molecular weight is 395 g/mol. The number of carboxylic acid groups (broad SMARTS) is 1.